The van der Waals surface area contributed by atoms with Crippen LogP contribution in [0.4, 0.5) is 0 Å². The summed E-state index contributed by atoms with van der Waals surface area (Å²) in [7, 11) is 0. The average molecular weight is 263 g/mol. The standard InChI is InChI=1S/C10H17NO7/c1-6(4-11)5-18-8(14)3-10(17,9(15)16)2-7(12)13/h6,17H,2-5,11H2,1H3,(H,12,13)(H,15,16). The molecule has 0 radical (unpaired) electrons. The minimum Gasteiger partial charge on any atom is -0.481 e. The highest BCUT2D eigenvalue weighted by molar-refractivity contribution is 5.88. The van der Waals surface area contributed by atoms with Crippen molar-refractivity contribution in [2.45, 2.75) is 25.4 Å². The van der Waals surface area contributed by atoms with Crippen LogP contribution in [0.3, 0.4) is 0 Å². The lowest BCUT2D eigenvalue weighted by atomic mass is 9.96. The molecule has 0 aliphatic carbocycles. The van der Waals surface area contributed by atoms with Crippen LogP contribution in [0.2, 0.25) is 0 Å². The Morgan fingerprint density at radius 3 is 2.22 bits per heavy atom. The maximum atomic E-state index is 11.3. The zero-order valence-electron chi connectivity index (χ0n) is 9.96. The van der Waals surface area contributed by atoms with Crippen molar-refractivity contribution in [3.05, 3.63) is 0 Å². The first-order chi connectivity index (χ1) is 8.21. The minimum absolute atomic E-state index is 0.0158. The van der Waals surface area contributed by atoms with E-state index in [1.54, 1.807) is 6.92 Å². The van der Waals surface area contributed by atoms with Crippen LogP contribution < -0.4 is 5.73 Å². The van der Waals surface area contributed by atoms with Crippen LogP contribution in [0.1, 0.15) is 19.8 Å². The number of nitrogens with two attached hydrogens (primary N) is 1. The molecule has 0 aliphatic rings. The SMILES string of the molecule is CC(CN)COC(=O)CC(O)(CC(=O)O)C(=O)O. The second kappa shape index (κ2) is 6.92. The topological polar surface area (TPSA) is 147 Å². The van der Waals surface area contributed by atoms with E-state index >= 15 is 0 Å². The van der Waals surface area contributed by atoms with E-state index in [9.17, 15) is 19.5 Å². The number of esters is 1. The number of hydrogen-bond acceptors (Lipinski definition) is 6. The molecule has 0 heterocycles. The fraction of sp³-hybridized carbons (Fsp3) is 0.700. The van der Waals surface area contributed by atoms with Crippen molar-refractivity contribution in [3.63, 3.8) is 0 Å². The van der Waals surface area contributed by atoms with Gasteiger partial charge in [-0.25, -0.2) is 4.79 Å². The van der Waals surface area contributed by atoms with Crippen LogP contribution in [0.25, 0.3) is 0 Å². The van der Waals surface area contributed by atoms with Crippen LogP contribution in [0.15, 0.2) is 0 Å². The Kier molecular flexibility index (Phi) is 6.28. The molecule has 0 amide bonds. The van der Waals surface area contributed by atoms with Gasteiger partial charge < -0.3 is 25.8 Å². The van der Waals surface area contributed by atoms with E-state index in [0.717, 1.165) is 0 Å². The van der Waals surface area contributed by atoms with E-state index in [1.807, 2.05) is 0 Å². The van der Waals surface area contributed by atoms with Crippen LogP contribution in [-0.2, 0) is 19.1 Å². The maximum Gasteiger partial charge on any atom is 0.336 e. The molecule has 0 aliphatic heterocycles. The molecule has 0 aromatic heterocycles. The highest BCUT2D eigenvalue weighted by Gasteiger charge is 2.41. The number of hydrogen-bond donors (Lipinski definition) is 4. The number of aliphatic carboxylic acids is 2. The van der Waals surface area contributed by atoms with Gasteiger partial charge in [-0.2, -0.15) is 0 Å². The molecule has 0 aromatic rings. The van der Waals surface area contributed by atoms with Gasteiger partial charge in [-0.3, -0.25) is 9.59 Å². The molecule has 0 aromatic carbocycles. The van der Waals surface area contributed by atoms with Crippen molar-refractivity contribution < 1.29 is 34.4 Å². The van der Waals surface area contributed by atoms with E-state index < -0.39 is 36.4 Å². The molecular formula is C10H17NO7. The number of carbonyl (C=O) groups excluding carboxylic acids is 1. The van der Waals surface area contributed by atoms with Crippen molar-refractivity contribution in [2.75, 3.05) is 13.2 Å². The summed E-state index contributed by atoms with van der Waals surface area (Å²) in [5.41, 5.74) is 2.63. The molecule has 2 atom stereocenters. The molecule has 104 valence electrons. The second-order valence-electron chi connectivity index (χ2n) is 4.11. The van der Waals surface area contributed by atoms with Crippen LogP contribution in [-0.4, -0.2) is 52.0 Å². The second-order valence-corrected chi connectivity index (χ2v) is 4.11. The zero-order chi connectivity index (χ0) is 14.3. The number of aliphatic hydroxyl groups is 1. The third kappa shape index (κ3) is 5.60. The summed E-state index contributed by atoms with van der Waals surface area (Å²) >= 11 is 0. The highest BCUT2D eigenvalue weighted by Crippen LogP contribution is 2.17. The van der Waals surface area contributed by atoms with Gasteiger partial charge in [0.25, 0.3) is 0 Å². The Bertz CT molecular complexity index is 330. The Hall–Kier alpha value is -1.67. The molecular weight excluding hydrogens is 246 g/mol. The largest absolute Gasteiger partial charge is 0.481 e. The van der Waals surface area contributed by atoms with Crippen LogP contribution >= 0.6 is 0 Å². The molecule has 0 rings (SSSR count). The zero-order valence-corrected chi connectivity index (χ0v) is 9.96. The van der Waals surface area contributed by atoms with E-state index in [4.69, 9.17) is 15.9 Å². The van der Waals surface area contributed by atoms with Crippen LogP contribution in [0.5, 0.6) is 0 Å². The smallest absolute Gasteiger partial charge is 0.336 e. The maximum absolute atomic E-state index is 11.3. The lowest BCUT2D eigenvalue weighted by molar-refractivity contribution is -0.172. The fourth-order valence-electron chi connectivity index (χ4n) is 1.06. The molecule has 5 N–H and O–H groups in total. The van der Waals surface area contributed by atoms with Gasteiger partial charge in [-0.15, -0.1) is 0 Å². The van der Waals surface area contributed by atoms with Crippen molar-refractivity contribution in [1.29, 1.82) is 0 Å². The lowest BCUT2D eigenvalue weighted by Gasteiger charge is -2.20. The monoisotopic (exact) mass is 263 g/mol. The van der Waals surface area contributed by atoms with Crippen molar-refractivity contribution in [1.82, 2.24) is 0 Å². The normalized spacial score (nSPS) is 15.5. The van der Waals surface area contributed by atoms with Crippen LogP contribution in [0, 0.1) is 5.92 Å². The minimum atomic E-state index is -2.66. The molecule has 0 fully saturated rings. The van der Waals surface area contributed by atoms with E-state index in [-0.39, 0.29) is 19.1 Å². The first-order valence-corrected chi connectivity index (χ1v) is 5.24. The van der Waals surface area contributed by atoms with Gasteiger partial charge in [-0.05, 0) is 6.54 Å². The summed E-state index contributed by atoms with van der Waals surface area (Å²) in [5.74, 6) is -4.40. The van der Waals surface area contributed by atoms with Gasteiger partial charge in [-0.1, -0.05) is 6.92 Å². The molecule has 18 heavy (non-hydrogen) atoms. The Morgan fingerprint density at radius 1 is 1.28 bits per heavy atom. The molecule has 8 nitrogen and oxygen atoms in total. The highest BCUT2D eigenvalue weighted by atomic mass is 16.5. The predicted octanol–water partition coefficient (Wildman–Crippen LogP) is -1.20. The summed E-state index contributed by atoms with van der Waals surface area (Å²) in [4.78, 5) is 32.5. The van der Waals surface area contributed by atoms with E-state index in [1.165, 1.54) is 0 Å². The Balaban J connectivity index is 4.46. The van der Waals surface area contributed by atoms with Gasteiger partial charge in [0.15, 0.2) is 5.60 Å². The summed E-state index contributed by atoms with van der Waals surface area (Å²) < 4.78 is 4.69. The predicted molar refractivity (Wildman–Crippen MR) is 58.6 cm³/mol. The number of carboxylic acids is 2. The lowest BCUT2D eigenvalue weighted by Crippen LogP contribution is -2.43. The third-order valence-electron chi connectivity index (χ3n) is 2.21. The van der Waals surface area contributed by atoms with Crippen molar-refractivity contribution in [3.8, 4) is 0 Å². The Labute approximate surface area is 103 Å². The molecule has 0 saturated heterocycles. The van der Waals surface area contributed by atoms with E-state index in [2.05, 4.69) is 4.74 Å². The number of carbonyl (C=O) groups is 3. The van der Waals surface area contributed by atoms with Gasteiger partial charge >= 0.3 is 17.9 Å². The van der Waals surface area contributed by atoms with E-state index in [0.29, 0.717) is 0 Å². The Morgan fingerprint density at radius 2 is 1.83 bits per heavy atom. The molecule has 0 spiro atoms. The van der Waals surface area contributed by atoms with Gasteiger partial charge in [0.05, 0.1) is 19.4 Å². The third-order valence-corrected chi connectivity index (χ3v) is 2.21. The fourth-order valence-corrected chi connectivity index (χ4v) is 1.06. The number of carboxylic acid groups (broad SMARTS) is 2. The molecule has 8 heteroatoms. The summed E-state index contributed by atoms with van der Waals surface area (Å²) in [6.07, 6.45) is -2.00. The summed E-state index contributed by atoms with van der Waals surface area (Å²) in [5, 5.41) is 26.7. The number of rotatable bonds is 8. The quantitative estimate of drug-likeness (QED) is 0.399. The summed E-state index contributed by atoms with van der Waals surface area (Å²) in [6, 6.07) is 0. The van der Waals surface area contributed by atoms with Gasteiger partial charge in [0, 0.05) is 5.92 Å². The van der Waals surface area contributed by atoms with Crippen molar-refractivity contribution >= 4 is 17.9 Å². The first-order valence-electron chi connectivity index (χ1n) is 5.24. The molecule has 0 bridgehead atoms. The summed E-state index contributed by atoms with van der Waals surface area (Å²) in [6.45, 7) is 1.98. The molecule has 0 saturated carbocycles. The molecule has 2 unspecified atom stereocenters. The van der Waals surface area contributed by atoms with Crippen molar-refractivity contribution in [2.24, 2.45) is 11.7 Å². The number of ether oxygens (including phenoxy) is 1. The average Bonchev–Trinajstić information content (AvgIpc) is 2.24. The first kappa shape index (κ1) is 16.3. The van der Waals surface area contributed by atoms with Gasteiger partial charge in [0.1, 0.15) is 0 Å². The van der Waals surface area contributed by atoms with Gasteiger partial charge in [0.2, 0.25) is 0 Å².